The van der Waals surface area contributed by atoms with Crippen molar-refractivity contribution in [2.75, 3.05) is 19.8 Å². The number of ether oxygens (including phenoxy) is 2. The number of aryl methyl sites for hydroxylation is 1. The molecule has 13 nitrogen and oxygen atoms in total. The molecule has 0 bridgehead atoms. The highest BCUT2D eigenvalue weighted by Gasteiger charge is 2.74. The molecule has 14 heteroatoms. The number of Topliss-reactive ketones (excluding diaryl/α,β-unsaturated/α-hetero) is 1. The van der Waals surface area contributed by atoms with Crippen molar-refractivity contribution >= 4 is 23.5 Å². The number of benzene rings is 1. The first-order valence-corrected chi connectivity index (χ1v) is 16.1. The molecule has 0 saturated heterocycles. The van der Waals surface area contributed by atoms with Crippen LogP contribution in [0.1, 0.15) is 68.3 Å². The highest BCUT2D eigenvalue weighted by Crippen LogP contribution is 2.69. The number of nitrogens with zero attached hydrogens (tertiary/aromatic N) is 1. The molecule has 5 rings (SSSR count). The van der Waals surface area contributed by atoms with Gasteiger partial charge in [-0.15, -0.1) is 0 Å². The lowest BCUT2D eigenvalue weighted by atomic mass is 9.44. The third-order valence-electron chi connectivity index (χ3n) is 11.3. The Morgan fingerprint density at radius 2 is 1.90 bits per heavy atom. The first-order valence-electron chi connectivity index (χ1n) is 16.1. The maximum Gasteiger partial charge on any atom is 0.338 e. The van der Waals surface area contributed by atoms with E-state index in [4.69, 9.17) is 25.6 Å². The molecule has 4 unspecified atom stereocenters. The van der Waals surface area contributed by atoms with Gasteiger partial charge in [-0.05, 0) is 87.6 Å². The second-order valence-corrected chi connectivity index (χ2v) is 13.8. The average molecular weight is 675 g/mol. The molecular weight excluding hydrogens is 631 g/mol. The predicted molar refractivity (Wildman–Crippen MR) is 164 cm³/mol. The molecule has 1 aromatic rings. The normalized spacial score (nSPS) is 34.5. The summed E-state index contributed by atoms with van der Waals surface area (Å²) in [5, 5.41) is 40.0. The number of aliphatic hydroxyl groups is 2. The number of halogens is 1. The van der Waals surface area contributed by atoms with Crippen molar-refractivity contribution in [3.8, 4) is 0 Å². The van der Waals surface area contributed by atoms with Crippen LogP contribution in [0.3, 0.4) is 0 Å². The van der Waals surface area contributed by atoms with Crippen molar-refractivity contribution in [1.29, 1.82) is 0 Å². The Morgan fingerprint density at radius 3 is 2.62 bits per heavy atom. The molecular formula is C34H43FN2O11. The fourth-order valence-corrected chi connectivity index (χ4v) is 8.63. The Hall–Kier alpha value is -3.37. The van der Waals surface area contributed by atoms with Gasteiger partial charge in [-0.1, -0.05) is 30.7 Å². The number of fused-ring (bicyclic) bond motifs is 5. The molecule has 0 aliphatic heterocycles. The van der Waals surface area contributed by atoms with Crippen LogP contribution < -0.4 is 5.73 Å². The Balaban J connectivity index is 1.16. The number of hydrogen-bond donors (Lipinski definition) is 5. The smallest absolute Gasteiger partial charge is 0.338 e. The fourth-order valence-electron chi connectivity index (χ4n) is 8.63. The molecule has 0 radical (unpaired) electrons. The molecule has 4 aliphatic carbocycles. The monoisotopic (exact) mass is 674 g/mol. The third kappa shape index (κ3) is 6.15. The summed E-state index contributed by atoms with van der Waals surface area (Å²) in [6.45, 7) is 2.03. The summed E-state index contributed by atoms with van der Waals surface area (Å²) in [7, 11) is 0. The first kappa shape index (κ1) is 35.9. The SMILES string of the molecule is C[C@]12C=CC(=O)C=C1CC[C@H]1C3CCC(O)(C(=O)COC(=O)C(N)COC(=O)c4cccc(CCCON(O)O)c4)[C@@]3(C)C[C@H](O)C12F. The van der Waals surface area contributed by atoms with E-state index in [9.17, 15) is 29.4 Å². The van der Waals surface area contributed by atoms with E-state index >= 15 is 4.39 Å². The third-order valence-corrected chi connectivity index (χ3v) is 11.3. The molecule has 3 fully saturated rings. The molecule has 6 N–H and O–H groups in total. The van der Waals surface area contributed by atoms with Crippen molar-refractivity contribution in [2.45, 2.75) is 82.2 Å². The van der Waals surface area contributed by atoms with Crippen LogP contribution in [0.4, 0.5) is 4.39 Å². The minimum absolute atomic E-state index is 0.00530. The first-order chi connectivity index (χ1) is 22.6. The van der Waals surface area contributed by atoms with E-state index in [1.54, 1.807) is 32.0 Å². The van der Waals surface area contributed by atoms with Crippen LogP contribution in [0, 0.1) is 22.7 Å². The topological polar surface area (TPSA) is 206 Å². The van der Waals surface area contributed by atoms with E-state index < -0.39 is 77.0 Å². The van der Waals surface area contributed by atoms with Crippen molar-refractivity contribution < 1.29 is 58.5 Å². The lowest BCUT2D eigenvalue weighted by molar-refractivity contribution is -0.492. The summed E-state index contributed by atoms with van der Waals surface area (Å²) in [5.41, 5.74) is 0.932. The van der Waals surface area contributed by atoms with Gasteiger partial charge >= 0.3 is 11.9 Å². The van der Waals surface area contributed by atoms with Gasteiger partial charge in [0.2, 0.25) is 5.78 Å². The van der Waals surface area contributed by atoms with E-state index in [1.165, 1.54) is 24.3 Å². The molecule has 0 spiro atoms. The van der Waals surface area contributed by atoms with Gasteiger partial charge in [0.1, 0.15) is 18.2 Å². The van der Waals surface area contributed by atoms with Crippen LogP contribution >= 0.6 is 0 Å². The number of esters is 2. The maximum atomic E-state index is 17.2. The number of allylic oxidation sites excluding steroid dienone is 4. The van der Waals surface area contributed by atoms with Crippen LogP contribution in [-0.4, -0.2) is 92.8 Å². The minimum atomic E-state index is -2.11. The van der Waals surface area contributed by atoms with Crippen molar-refractivity contribution in [3.63, 3.8) is 0 Å². The van der Waals surface area contributed by atoms with Gasteiger partial charge in [0.15, 0.2) is 18.1 Å². The minimum Gasteiger partial charge on any atom is -0.460 e. The van der Waals surface area contributed by atoms with E-state index in [2.05, 4.69) is 4.84 Å². The molecule has 0 heterocycles. The van der Waals surface area contributed by atoms with Crippen LogP contribution in [0.25, 0.3) is 0 Å². The molecule has 4 aliphatic rings. The zero-order valence-electron chi connectivity index (χ0n) is 27.0. The number of nitrogens with two attached hydrogens (primary N) is 1. The van der Waals surface area contributed by atoms with Gasteiger partial charge in [0.05, 0.1) is 23.7 Å². The lowest BCUT2D eigenvalue weighted by Gasteiger charge is -2.62. The van der Waals surface area contributed by atoms with Gasteiger partial charge in [-0.25, -0.2) is 9.18 Å². The number of hydrogen-bond acceptors (Lipinski definition) is 13. The highest BCUT2D eigenvalue weighted by molar-refractivity contribution is 6.01. The number of rotatable bonds is 12. The number of aliphatic hydroxyl groups excluding tert-OH is 1. The summed E-state index contributed by atoms with van der Waals surface area (Å²) in [6, 6.07) is 5.05. The number of carbonyl (C=O) groups excluding carboxylic acids is 4. The van der Waals surface area contributed by atoms with Crippen molar-refractivity contribution in [2.24, 2.45) is 28.4 Å². The largest absolute Gasteiger partial charge is 0.460 e. The molecule has 0 aromatic heterocycles. The molecule has 1 aromatic carbocycles. The van der Waals surface area contributed by atoms with E-state index in [1.807, 2.05) is 0 Å². The van der Waals surface area contributed by atoms with Gasteiger partial charge in [-0.2, -0.15) is 0 Å². The standard InChI is InChI=1S/C34H43FN2O11/c1-31-12-10-23(38)16-22(31)8-9-25-24-11-13-33(43,32(24,2)17-27(39)34(25,31)35)28(40)19-47-30(42)26(36)18-46-29(41)21-7-3-5-20(15-21)6-4-14-48-37(44)45/h3,5,7,10,12,15-16,24-27,39,43-45H,4,6,8-9,11,13-14,17-19,36H2,1-2H3/t24?,25-,26?,27-,31-,32-,33?,34?/m0/s1. The molecule has 48 heavy (non-hydrogen) atoms. The molecule has 262 valence electrons. The van der Waals surface area contributed by atoms with Crippen LogP contribution in [-0.2, 0) is 35.1 Å². The molecule has 0 amide bonds. The second-order valence-electron chi connectivity index (χ2n) is 13.8. The molecule has 3 saturated carbocycles. The van der Waals surface area contributed by atoms with E-state index in [0.29, 0.717) is 37.7 Å². The van der Waals surface area contributed by atoms with Crippen molar-refractivity contribution in [1.82, 2.24) is 5.39 Å². The van der Waals surface area contributed by atoms with Crippen LogP contribution in [0.15, 0.2) is 48.1 Å². The summed E-state index contributed by atoms with van der Waals surface area (Å²) >= 11 is 0. The second kappa shape index (κ2) is 13.5. The summed E-state index contributed by atoms with van der Waals surface area (Å²) < 4.78 is 27.6. The van der Waals surface area contributed by atoms with Gasteiger partial charge in [0.25, 0.3) is 0 Å². The number of alkyl halides is 1. The lowest BCUT2D eigenvalue weighted by Crippen LogP contribution is -2.69. The number of carbonyl (C=O) groups is 4. The zero-order chi connectivity index (χ0) is 35.1. The van der Waals surface area contributed by atoms with Crippen LogP contribution in [0.2, 0.25) is 0 Å². The highest BCUT2D eigenvalue weighted by atomic mass is 19.1. The Labute approximate surface area is 277 Å². The van der Waals surface area contributed by atoms with Crippen molar-refractivity contribution in [3.05, 3.63) is 59.2 Å². The van der Waals surface area contributed by atoms with Gasteiger partial charge in [0, 0.05) is 16.7 Å². The average Bonchev–Trinajstić information content (AvgIpc) is 3.31. The Morgan fingerprint density at radius 1 is 1.15 bits per heavy atom. The fraction of sp³-hybridized carbons (Fsp3) is 0.588. The molecule has 8 atom stereocenters. The van der Waals surface area contributed by atoms with Crippen LogP contribution in [0.5, 0.6) is 0 Å². The quantitative estimate of drug-likeness (QED) is 0.123. The predicted octanol–water partition coefficient (Wildman–Crippen LogP) is 2.33. The maximum absolute atomic E-state index is 17.2. The summed E-state index contributed by atoms with van der Waals surface area (Å²) in [5.74, 6) is -3.94. The zero-order valence-corrected chi connectivity index (χ0v) is 27.0. The Kier molecular flexibility index (Phi) is 10.1. The van der Waals surface area contributed by atoms with Gasteiger partial charge in [-0.3, -0.25) is 29.6 Å². The Bertz CT molecular complexity index is 1520. The van der Waals surface area contributed by atoms with E-state index in [-0.39, 0.29) is 36.2 Å². The van der Waals surface area contributed by atoms with E-state index in [0.717, 1.165) is 5.56 Å². The summed E-state index contributed by atoms with van der Waals surface area (Å²) in [4.78, 5) is 55.3. The summed E-state index contributed by atoms with van der Waals surface area (Å²) in [6.07, 6.45) is 4.56. The number of ketones is 2. The van der Waals surface area contributed by atoms with Gasteiger partial charge < -0.3 is 25.4 Å².